The highest BCUT2D eigenvalue weighted by Crippen LogP contribution is 2.28. The van der Waals surface area contributed by atoms with Gasteiger partial charge in [0, 0.05) is 24.0 Å². The van der Waals surface area contributed by atoms with E-state index in [4.69, 9.17) is 14.2 Å². The minimum Gasteiger partial charge on any atom is -0.493 e. The Bertz CT molecular complexity index is 1060. The monoisotopic (exact) mass is 376 g/mol. The van der Waals surface area contributed by atoms with Gasteiger partial charge in [-0.15, -0.1) is 0 Å². The van der Waals surface area contributed by atoms with Crippen LogP contribution in [0.15, 0.2) is 54.9 Å². The fraction of sp³-hybridized carbons (Fsp3) is 0.182. The van der Waals surface area contributed by atoms with Crippen LogP contribution >= 0.6 is 0 Å². The van der Waals surface area contributed by atoms with E-state index in [1.807, 2.05) is 41.8 Å². The lowest BCUT2D eigenvalue weighted by atomic mass is 10.2. The summed E-state index contributed by atoms with van der Waals surface area (Å²) in [6.07, 6.45) is 6.63. The Balaban J connectivity index is 1.67. The SMILES string of the molecule is CCOc1ccc(/C=C/C(=O)OCc2cn3ccccc3c2C#N)cc1OC. The number of benzene rings is 1. The predicted octanol–water partition coefficient (Wildman–Crippen LogP) is 3.97. The molecule has 0 aliphatic carbocycles. The highest BCUT2D eigenvalue weighted by atomic mass is 16.5. The molecule has 2 heterocycles. The molecule has 0 saturated carbocycles. The van der Waals surface area contributed by atoms with Crippen molar-refractivity contribution in [3.05, 3.63) is 71.6 Å². The van der Waals surface area contributed by atoms with Crippen molar-refractivity contribution in [1.29, 1.82) is 5.26 Å². The average Bonchev–Trinajstić information content (AvgIpc) is 3.09. The van der Waals surface area contributed by atoms with Crippen molar-refractivity contribution in [2.75, 3.05) is 13.7 Å². The molecule has 3 aromatic rings. The average molecular weight is 376 g/mol. The molecule has 0 fully saturated rings. The van der Waals surface area contributed by atoms with Crippen molar-refractivity contribution < 1.29 is 19.0 Å². The summed E-state index contributed by atoms with van der Waals surface area (Å²) in [6, 6.07) is 13.2. The first kappa shape index (κ1) is 19.1. The maximum absolute atomic E-state index is 12.1. The van der Waals surface area contributed by atoms with Crippen molar-refractivity contribution in [1.82, 2.24) is 4.40 Å². The number of hydrogen-bond donors (Lipinski definition) is 0. The second-order valence-corrected chi connectivity index (χ2v) is 5.92. The smallest absolute Gasteiger partial charge is 0.331 e. The Morgan fingerprint density at radius 1 is 1.25 bits per heavy atom. The fourth-order valence-corrected chi connectivity index (χ4v) is 2.84. The fourth-order valence-electron chi connectivity index (χ4n) is 2.84. The number of rotatable bonds is 7. The molecule has 3 rings (SSSR count). The maximum Gasteiger partial charge on any atom is 0.331 e. The highest BCUT2D eigenvalue weighted by molar-refractivity contribution is 5.87. The van der Waals surface area contributed by atoms with E-state index in [2.05, 4.69) is 6.07 Å². The molecule has 0 spiro atoms. The number of fused-ring (bicyclic) bond motifs is 1. The van der Waals surface area contributed by atoms with Gasteiger partial charge >= 0.3 is 5.97 Å². The summed E-state index contributed by atoms with van der Waals surface area (Å²) in [7, 11) is 1.56. The van der Waals surface area contributed by atoms with Crippen LogP contribution in [0.4, 0.5) is 0 Å². The van der Waals surface area contributed by atoms with Crippen LogP contribution in [-0.2, 0) is 16.1 Å². The van der Waals surface area contributed by atoms with E-state index in [-0.39, 0.29) is 6.61 Å². The number of hydrogen-bond acceptors (Lipinski definition) is 5. The van der Waals surface area contributed by atoms with Crippen molar-refractivity contribution in [3.63, 3.8) is 0 Å². The summed E-state index contributed by atoms with van der Waals surface area (Å²) in [6.45, 7) is 2.47. The van der Waals surface area contributed by atoms with E-state index in [1.165, 1.54) is 6.08 Å². The maximum atomic E-state index is 12.1. The van der Waals surface area contributed by atoms with Crippen molar-refractivity contribution in [3.8, 4) is 17.6 Å². The Morgan fingerprint density at radius 3 is 2.86 bits per heavy atom. The minimum atomic E-state index is -0.494. The molecule has 0 bridgehead atoms. The summed E-state index contributed by atoms with van der Waals surface area (Å²) < 4.78 is 17.9. The van der Waals surface area contributed by atoms with Crippen LogP contribution in [0.1, 0.15) is 23.6 Å². The first-order valence-electron chi connectivity index (χ1n) is 8.80. The van der Waals surface area contributed by atoms with Crippen LogP contribution in [0.25, 0.3) is 11.6 Å². The van der Waals surface area contributed by atoms with Crippen LogP contribution in [0, 0.1) is 11.3 Å². The number of carbonyl (C=O) groups excluding carboxylic acids is 1. The van der Waals surface area contributed by atoms with Gasteiger partial charge in [-0.2, -0.15) is 5.26 Å². The third kappa shape index (κ3) is 4.15. The Hall–Kier alpha value is -3.72. The van der Waals surface area contributed by atoms with Crippen LogP contribution < -0.4 is 9.47 Å². The molecular formula is C22H20N2O4. The number of pyridine rings is 1. The van der Waals surface area contributed by atoms with Gasteiger partial charge in [-0.3, -0.25) is 0 Å². The zero-order valence-electron chi connectivity index (χ0n) is 15.7. The molecule has 1 aromatic carbocycles. The second-order valence-electron chi connectivity index (χ2n) is 5.92. The summed E-state index contributed by atoms with van der Waals surface area (Å²) in [5.74, 6) is 0.748. The van der Waals surface area contributed by atoms with Crippen LogP contribution in [0.3, 0.4) is 0 Å². The van der Waals surface area contributed by atoms with Gasteiger partial charge in [0.1, 0.15) is 12.7 Å². The molecular weight excluding hydrogens is 356 g/mol. The molecule has 0 N–H and O–H groups in total. The van der Waals surface area contributed by atoms with Gasteiger partial charge in [-0.1, -0.05) is 12.1 Å². The molecule has 28 heavy (non-hydrogen) atoms. The first-order valence-corrected chi connectivity index (χ1v) is 8.80. The van der Waals surface area contributed by atoms with E-state index in [1.54, 1.807) is 31.5 Å². The normalized spacial score (nSPS) is 10.8. The zero-order chi connectivity index (χ0) is 19.9. The predicted molar refractivity (Wildman–Crippen MR) is 105 cm³/mol. The molecule has 0 saturated heterocycles. The van der Waals surface area contributed by atoms with Gasteiger partial charge in [0.05, 0.1) is 24.8 Å². The van der Waals surface area contributed by atoms with Gasteiger partial charge in [0.25, 0.3) is 0 Å². The molecule has 0 aliphatic heterocycles. The van der Waals surface area contributed by atoms with E-state index in [0.29, 0.717) is 29.2 Å². The van der Waals surface area contributed by atoms with Crippen LogP contribution in [-0.4, -0.2) is 24.1 Å². The van der Waals surface area contributed by atoms with Crippen molar-refractivity contribution >= 4 is 17.6 Å². The molecule has 0 atom stereocenters. The lowest BCUT2D eigenvalue weighted by molar-refractivity contribution is -0.138. The third-order valence-electron chi connectivity index (χ3n) is 4.14. The van der Waals surface area contributed by atoms with Gasteiger partial charge in [-0.25, -0.2) is 4.79 Å². The summed E-state index contributed by atoms with van der Waals surface area (Å²) in [5, 5.41) is 9.39. The Kier molecular flexibility index (Phi) is 5.97. The summed E-state index contributed by atoms with van der Waals surface area (Å²) >= 11 is 0. The lowest BCUT2D eigenvalue weighted by Crippen LogP contribution is -2.01. The molecule has 0 aliphatic rings. The standard InChI is InChI=1S/C22H20N2O4/c1-3-27-20-9-7-16(12-21(20)26-2)8-10-22(25)28-15-17-14-24-11-5-4-6-19(24)18(17)13-23/h4-12,14H,3,15H2,1-2H3/b10-8+. The lowest BCUT2D eigenvalue weighted by Gasteiger charge is -2.09. The molecule has 6 heteroatoms. The molecule has 6 nitrogen and oxygen atoms in total. The van der Waals surface area contributed by atoms with E-state index in [0.717, 1.165) is 11.1 Å². The Morgan fingerprint density at radius 2 is 2.11 bits per heavy atom. The third-order valence-corrected chi connectivity index (χ3v) is 4.14. The molecule has 0 radical (unpaired) electrons. The van der Waals surface area contributed by atoms with Crippen LogP contribution in [0.5, 0.6) is 11.5 Å². The summed E-state index contributed by atoms with van der Waals surface area (Å²) in [5.41, 5.74) is 2.74. The largest absolute Gasteiger partial charge is 0.493 e. The number of carbonyl (C=O) groups is 1. The number of methoxy groups -OCH3 is 1. The number of esters is 1. The van der Waals surface area contributed by atoms with Crippen molar-refractivity contribution in [2.45, 2.75) is 13.5 Å². The molecule has 142 valence electrons. The topological polar surface area (TPSA) is 73.0 Å². The van der Waals surface area contributed by atoms with E-state index in [9.17, 15) is 10.1 Å². The number of ether oxygens (including phenoxy) is 3. The zero-order valence-corrected chi connectivity index (χ0v) is 15.7. The number of nitrogens with zero attached hydrogens (tertiary/aromatic N) is 2. The summed E-state index contributed by atoms with van der Waals surface area (Å²) in [4.78, 5) is 12.1. The number of aromatic nitrogens is 1. The molecule has 0 amide bonds. The second kappa shape index (κ2) is 8.78. The van der Waals surface area contributed by atoms with Gasteiger partial charge < -0.3 is 18.6 Å². The number of nitriles is 1. The highest BCUT2D eigenvalue weighted by Gasteiger charge is 2.11. The molecule has 2 aromatic heterocycles. The van der Waals surface area contributed by atoms with Gasteiger partial charge in [-0.05, 0) is 42.8 Å². The molecule has 0 unspecified atom stereocenters. The van der Waals surface area contributed by atoms with Crippen LogP contribution in [0.2, 0.25) is 0 Å². The van der Waals surface area contributed by atoms with E-state index >= 15 is 0 Å². The van der Waals surface area contributed by atoms with Gasteiger partial charge in [0.15, 0.2) is 11.5 Å². The van der Waals surface area contributed by atoms with Gasteiger partial charge in [0.2, 0.25) is 0 Å². The Labute approximate surface area is 163 Å². The minimum absolute atomic E-state index is 0.0281. The van der Waals surface area contributed by atoms with E-state index < -0.39 is 5.97 Å². The first-order chi connectivity index (χ1) is 13.7. The quantitative estimate of drug-likeness (QED) is 0.461. The van der Waals surface area contributed by atoms with Crippen molar-refractivity contribution in [2.24, 2.45) is 0 Å².